The number of carbonyl (C=O) groups excluding carboxylic acids is 1. The first-order valence-corrected chi connectivity index (χ1v) is 8.73. The van der Waals surface area contributed by atoms with Crippen molar-refractivity contribution in [3.05, 3.63) is 35.9 Å². The van der Waals surface area contributed by atoms with Crippen LogP contribution in [0.1, 0.15) is 5.56 Å². The number of nitrogens with zero attached hydrogens (tertiary/aromatic N) is 2. The Morgan fingerprint density at radius 3 is 2.26 bits per heavy atom. The summed E-state index contributed by atoms with van der Waals surface area (Å²) < 4.78 is 4.93. The van der Waals surface area contributed by atoms with Gasteiger partial charge in [-0.25, -0.2) is 0 Å². The zero-order valence-electron chi connectivity index (χ0n) is 15.9. The van der Waals surface area contributed by atoms with Gasteiger partial charge in [0.2, 0.25) is 5.91 Å². The lowest BCUT2D eigenvalue weighted by Gasteiger charge is -2.34. The van der Waals surface area contributed by atoms with Gasteiger partial charge >= 0.3 is 0 Å². The molecule has 1 aromatic rings. The first kappa shape index (κ1) is 28.6. The Hall–Kier alpha value is -0.600. The number of hydrogen-bond acceptors (Lipinski definition) is 5. The molecule has 1 amide bonds. The molecule has 1 heterocycles. The topological polar surface area (TPSA) is 56.8 Å². The molecule has 9 heteroatoms. The van der Waals surface area contributed by atoms with E-state index in [-0.39, 0.29) is 43.1 Å². The average molecular weight is 444 g/mol. The van der Waals surface area contributed by atoms with Crippen LogP contribution in [-0.2, 0) is 16.1 Å². The molecule has 0 bridgehead atoms. The zero-order valence-corrected chi connectivity index (χ0v) is 18.3. The standard InChI is InChI=1S/C18H30N4O2.3ClH/c1-24-14-8-19-15-18(23)20-7-9-21-10-12-22(13-11-21)16-17-5-3-2-4-6-17;;;/h2-6,19H,7-16H2,1H3,(H,20,23);3*1H. The average Bonchev–Trinajstić information content (AvgIpc) is 2.61. The van der Waals surface area contributed by atoms with Crippen LogP contribution in [0.25, 0.3) is 0 Å². The summed E-state index contributed by atoms with van der Waals surface area (Å²) in [7, 11) is 1.65. The molecule has 0 saturated carbocycles. The molecule has 6 nitrogen and oxygen atoms in total. The predicted octanol–water partition coefficient (Wildman–Crippen LogP) is 1.42. The van der Waals surface area contributed by atoms with Crippen molar-refractivity contribution < 1.29 is 9.53 Å². The molecule has 0 aromatic heterocycles. The van der Waals surface area contributed by atoms with E-state index >= 15 is 0 Å². The number of carbonyl (C=O) groups is 1. The first-order chi connectivity index (χ1) is 11.8. The maximum atomic E-state index is 11.7. The largest absolute Gasteiger partial charge is 0.383 e. The number of amides is 1. The minimum absolute atomic E-state index is 0. The molecule has 0 aliphatic carbocycles. The molecule has 0 unspecified atom stereocenters. The Morgan fingerprint density at radius 2 is 1.63 bits per heavy atom. The number of hydrogen-bond donors (Lipinski definition) is 2. The van der Waals surface area contributed by atoms with Crippen molar-refractivity contribution in [1.29, 1.82) is 0 Å². The number of benzene rings is 1. The van der Waals surface area contributed by atoms with Crippen LogP contribution in [0.3, 0.4) is 0 Å². The Balaban J connectivity index is 0. The van der Waals surface area contributed by atoms with Crippen molar-refractivity contribution in [3.8, 4) is 0 Å². The predicted molar refractivity (Wildman–Crippen MR) is 118 cm³/mol. The second-order valence-corrected chi connectivity index (χ2v) is 6.12. The van der Waals surface area contributed by atoms with E-state index < -0.39 is 0 Å². The highest BCUT2D eigenvalue weighted by Crippen LogP contribution is 2.07. The maximum Gasteiger partial charge on any atom is 0.234 e. The van der Waals surface area contributed by atoms with Gasteiger partial charge in [-0.05, 0) is 5.56 Å². The van der Waals surface area contributed by atoms with Gasteiger partial charge < -0.3 is 15.4 Å². The molecule has 2 N–H and O–H groups in total. The Kier molecular flexibility index (Phi) is 18.5. The van der Waals surface area contributed by atoms with Crippen LogP contribution in [0.5, 0.6) is 0 Å². The van der Waals surface area contributed by atoms with Crippen molar-refractivity contribution in [3.63, 3.8) is 0 Å². The molecule has 1 fully saturated rings. The summed E-state index contributed by atoms with van der Waals surface area (Å²) in [4.78, 5) is 16.6. The summed E-state index contributed by atoms with van der Waals surface area (Å²) in [5.41, 5.74) is 1.37. The SMILES string of the molecule is COCCNCC(=O)NCCN1CCN(Cc2ccccc2)CC1.Cl.Cl.Cl. The fourth-order valence-electron chi connectivity index (χ4n) is 2.80. The van der Waals surface area contributed by atoms with E-state index in [2.05, 4.69) is 50.8 Å². The van der Waals surface area contributed by atoms with Gasteiger partial charge in [-0.2, -0.15) is 0 Å². The first-order valence-electron chi connectivity index (χ1n) is 8.73. The van der Waals surface area contributed by atoms with E-state index in [1.54, 1.807) is 7.11 Å². The molecule has 0 radical (unpaired) electrons. The minimum Gasteiger partial charge on any atom is -0.383 e. The van der Waals surface area contributed by atoms with Crippen LogP contribution in [0.2, 0.25) is 0 Å². The lowest BCUT2D eigenvalue weighted by atomic mass is 10.2. The van der Waals surface area contributed by atoms with Gasteiger partial charge in [0.05, 0.1) is 13.2 Å². The van der Waals surface area contributed by atoms with E-state index in [9.17, 15) is 4.79 Å². The molecule has 0 spiro atoms. The fraction of sp³-hybridized carbons (Fsp3) is 0.611. The van der Waals surface area contributed by atoms with E-state index in [4.69, 9.17) is 4.74 Å². The lowest BCUT2D eigenvalue weighted by molar-refractivity contribution is -0.120. The van der Waals surface area contributed by atoms with Gasteiger partial charge in [-0.3, -0.25) is 14.6 Å². The summed E-state index contributed by atoms with van der Waals surface area (Å²) in [6, 6.07) is 10.6. The van der Waals surface area contributed by atoms with Gasteiger partial charge in [-0.15, -0.1) is 37.2 Å². The zero-order chi connectivity index (χ0) is 17.0. The molecule has 1 aromatic carbocycles. The van der Waals surface area contributed by atoms with Gasteiger partial charge in [0.15, 0.2) is 0 Å². The highest BCUT2D eigenvalue weighted by Gasteiger charge is 2.16. The Morgan fingerprint density at radius 1 is 1.00 bits per heavy atom. The Labute approximate surface area is 181 Å². The fourth-order valence-corrected chi connectivity index (χ4v) is 2.80. The van der Waals surface area contributed by atoms with E-state index in [1.165, 1.54) is 5.56 Å². The van der Waals surface area contributed by atoms with Crippen molar-refractivity contribution >= 4 is 43.1 Å². The highest BCUT2D eigenvalue weighted by atomic mass is 35.5. The van der Waals surface area contributed by atoms with Gasteiger partial charge in [0.25, 0.3) is 0 Å². The molecule has 27 heavy (non-hydrogen) atoms. The number of nitrogens with one attached hydrogen (secondary N) is 2. The van der Waals surface area contributed by atoms with E-state index in [0.29, 0.717) is 26.2 Å². The summed E-state index contributed by atoms with van der Waals surface area (Å²) >= 11 is 0. The van der Waals surface area contributed by atoms with Gasteiger partial charge in [0.1, 0.15) is 0 Å². The highest BCUT2D eigenvalue weighted by molar-refractivity contribution is 5.86. The Bertz CT molecular complexity index is 475. The van der Waals surface area contributed by atoms with Crippen molar-refractivity contribution in [2.24, 2.45) is 0 Å². The third-order valence-electron chi connectivity index (χ3n) is 4.23. The van der Waals surface area contributed by atoms with Crippen LogP contribution in [-0.4, -0.2) is 81.8 Å². The monoisotopic (exact) mass is 442 g/mol. The minimum atomic E-state index is 0. The third-order valence-corrected chi connectivity index (χ3v) is 4.23. The second kappa shape index (κ2) is 17.5. The molecule has 158 valence electrons. The summed E-state index contributed by atoms with van der Waals surface area (Å²) in [6.45, 7) is 8.64. The molecule has 1 aliphatic rings. The van der Waals surface area contributed by atoms with Crippen LogP contribution >= 0.6 is 37.2 Å². The number of rotatable bonds is 10. The summed E-state index contributed by atoms with van der Waals surface area (Å²) in [5.74, 6) is 0.0498. The number of halogens is 3. The van der Waals surface area contributed by atoms with Crippen molar-refractivity contribution in [2.75, 3.05) is 66.1 Å². The molecular formula is C18H33Cl3N4O2. The molecule has 2 rings (SSSR count). The molecule has 1 aliphatic heterocycles. The van der Waals surface area contributed by atoms with Crippen LogP contribution in [0.4, 0.5) is 0 Å². The smallest absolute Gasteiger partial charge is 0.234 e. The molecule has 1 saturated heterocycles. The van der Waals surface area contributed by atoms with Crippen LogP contribution < -0.4 is 10.6 Å². The van der Waals surface area contributed by atoms with E-state index in [0.717, 1.165) is 39.3 Å². The second-order valence-electron chi connectivity index (χ2n) is 6.12. The van der Waals surface area contributed by atoms with Crippen molar-refractivity contribution in [2.45, 2.75) is 6.54 Å². The van der Waals surface area contributed by atoms with Gasteiger partial charge in [0, 0.05) is 59.5 Å². The van der Waals surface area contributed by atoms with Crippen LogP contribution in [0, 0.1) is 0 Å². The number of ether oxygens (including phenoxy) is 1. The normalized spacial score (nSPS) is 14.4. The van der Waals surface area contributed by atoms with Gasteiger partial charge in [-0.1, -0.05) is 30.3 Å². The van der Waals surface area contributed by atoms with Crippen molar-refractivity contribution in [1.82, 2.24) is 20.4 Å². The number of methoxy groups -OCH3 is 1. The molecule has 0 atom stereocenters. The summed E-state index contributed by atoms with van der Waals surface area (Å²) in [6.07, 6.45) is 0. The third kappa shape index (κ3) is 12.5. The van der Waals surface area contributed by atoms with E-state index in [1.807, 2.05) is 0 Å². The maximum absolute atomic E-state index is 11.7. The quantitative estimate of drug-likeness (QED) is 0.536. The van der Waals surface area contributed by atoms with Crippen LogP contribution in [0.15, 0.2) is 30.3 Å². The number of piperazine rings is 1. The molecular weight excluding hydrogens is 411 g/mol. The summed E-state index contributed by atoms with van der Waals surface area (Å²) in [5, 5.41) is 6.01. The lowest BCUT2D eigenvalue weighted by Crippen LogP contribution is -2.48.